The van der Waals surface area contributed by atoms with Gasteiger partial charge in [0.05, 0.1) is 18.1 Å². The SMILES string of the molecule is COc1ccc(/C=C/C(=O)Nc2nn(Cc3ccc(Cl)cc3)cc2Br)cc1. The predicted octanol–water partition coefficient (Wildman–Crippen LogP) is 5.01. The third-order valence-corrected chi connectivity index (χ3v) is 4.59. The lowest BCUT2D eigenvalue weighted by Crippen LogP contribution is -2.09. The number of ether oxygens (including phenoxy) is 1. The molecule has 0 bridgehead atoms. The highest BCUT2D eigenvalue weighted by molar-refractivity contribution is 9.10. The van der Waals surface area contributed by atoms with Crippen LogP contribution in [0.3, 0.4) is 0 Å². The summed E-state index contributed by atoms with van der Waals surface area (Å²) in [5, 5.41) is 7.86. The van der Waals surface area contributed by atoms with E-state index in [1.807, 2.05) is 54.7 Å². The maximum atomic E-state index is 12.2. The number of rotatable bonds is 6. The molecule has 0 saturated heterocycles. The highest BCUT2D eigenvalue weighted by Crippen LogP contribution is 2.21. The van der Waals surface area contributed by atoms with E-state index in [1.54, 1.807) is 17.9 Å². The average Bonchev–Trinajstić information content (AvgIpc) is 3.01. The molecule has 0 aliphatic heterocycles. The standard InChI is InChI=1S/C20H17BrClN3O2/c1-27-17-9-4-14(5-10-17)6-11-19(26)23-20-18(21)13-25(24-20)12-15-2-7-16(22)8-3-15/h2-11,13H,12H2,1H3,(H,23,24,26)/b11-6+. The summed E-state index contributed by atoms with van der Waals surface area (Å²) in [6, 6.07) is 15.0. The van der Waals surface area contributed by atoms with Crippen LogP contribution in [0.5, 0.6) is 5.75 Å². The third kappa shape index (κ3) is 5.45. The lowest BCUT2D eigenvalue weighted by molar-refractivity contribution is -0.111. The van der Waals surface area contributed by atoms with Crippen LogP contribution < -0.4 is 10.1 Å². The molecule has 2 aromatic carbocycles. The van der Waals surface area contributed by atoms with Crippen molar-refractivity contribution >= 4 is 45.3 Å². The first-order valence-electron chi connectivity index (χ1n) is 8.14. The molecule has 5 nitrogen and oxygen atoms in total. The van der Waals surface area contributed by atoms with E-state index in [-0.39, 0.29) is 5.91 Å². The van der Waals surface area contributed by atoms with Crippen LogP contribution in [0.4, 0.5) is 5.82 Å². The van der Waals surface area contributed by atoms with Crippen LogP contribution in [0.2, 0.25) is 5.02 Å². The lowest BCUT2D eigenvalue weighted by atomic mass is 10.2. The number of benzene rings is 2. The first-order chi connectivity index (χ1) is 13.0. The van der Waals surface area contributed by atoms with Crippen LogP contribution in [0.25, 0.3) is 6.08 Å². The summed E-state index contributed by atoms with van der Waals surface area (Å²) in [5.74, 6) is 0.975. The van der Waals surface area contributed by atoms with Crippen molar-refractivity contribution in [1.29, 1.82) is 0 Å². The molecule has 7 heteroatoms. The Labute approximate surface area is 170 Å². The van der Waals surface area contributed by atoms with Gasteiger partial charge in [-0.3, -0.25) is 9.48 Å². The van der Waals surface area contributed by atoms with Gasteiger partial charge in [0, 0.05) is 17.3 Å². The zero-order valence-electron chi connectivity index (χ0n) is 14.5. The minimum absolute atomic E-state index is 0.261. The second-order valence-electron chi connectivity index (χ2n) is 5.75. The van der Waals surface area contributed by atoms with Gasteiger partial charge >= 0.3 is 0 Å². The second kappa shape index (κ2) is 8.88. The quantitative estimate of drug-likeness (QED) is 0.542. The van der Waals surface area contributed by atoms with E-state index in [0.29, 0.717) is 21.9 Å². The molecule has 0 spiro atoms. The first-order valence-corrected chi connectivity index (χ1v) is 9.31. The van der Waals surface area contributed by atoms with Crippen molar-refractivity contribution in [1.82, 2.24) is 9.78 Å². The van der Waals surface area contributed by atoms with Crippen molar-refractivity contribution in [2.24, 2.45) is 0 Å². The number of amides is 1. The molecular formula is C20H17BrClN3O2. The average molecular weight is 447 g/mol. The summed E-state index contributed by atoms with van der Waals surface area (Å²) in [4.78, 5) is 12.2. The molecule has 0 fully saturated rings. The lowest BCUT2D eigenvalue weighted by Gasteiger charge is -2.02. The highest BCUT2D eigenvalue weighted by atomic mass is 79.9. The molecule has 0 saturated carbocycles. The van der Waals surface area contributed by atoms with Crippen LogP contribution in [0.1, 0.15) is 11.1 Å². The second-order valence-corrected chi connectivity index (χ2v) is 7.04. The van der Waals surface area contributed by atoms with E-state index in [4.69, 9.17) is 16.3 Å². The Kier molecular flexibility index (Phi) is 6.32. The molecule has 0 radical (unpaired) electrons. The van der Waals surface area contributed by atoms with Gasteiger partial charge in [-0.05, 0) is 57.4 Å². The van der Waals surface area contributed by atoms with Gasteiger partial charge < -0.3 is 10.1 Å². The van der Waals surface area contributed by atoms with Crippen molar-refractivity contribution in [2.45, 2.75) is 6.54 Å². The molecule has 0 unspecified atom stereocenters. The highest BCUT2D eigenvalue weighted by Gasteiger charge is 2.09. The molecule has 0 aliphatic carbocycles. The van der Waals surface area contributed by atoms with E-state index in [9.17, 15) is 4.79 Å². The maximum Gasteiger partial charge on any atom is 0.249 e. The van der Waals surface area contributed by atoms with Gasteiger partial charge in [0.2, 0.25) is 5.91 Å². The zero-order valence-corrected chi connectivity index (χ0v) is 16.9. The summed E-state index contributed by atoms with van der Waals surface area (Å²) >= 11 is 9.33. The van der Waals surface area contributed by atoms with Crippen molar-refractivity contribution < 1.29 is 9.53 Å². The number of carbonyl (C=O) groups excluding carboxylic acids is 1. The topological polar surface area (TPSA) is 56.1 Å². The van der Waals surface area contributed by atoms with Crippen LogP contribution in [0, 0.1) is 0 Å². The number of aromatic nitrogens is 2. The molecule has 1 heterocycles. The van der Waals surface area contributed by atoms with E-state index >= 15 is 0 Å². The monoisotopic (exact) mass is 445 g/mol. The number of nitrogens with zero attached hydrogens (tertiary/aromatic N) is 2. The fraction of sp³-hybridized carbons (Fsp3) is 0.100. The molecule has 138 valence electrons. The number of hydrogen-bond acceptors (Lipinski definition) is 3. The van der Waals surface area contributed by atoms with Crippen molar-refractivity contribution in [3.8, 4) is 5.75 Å². The minimum Gasteiger partial charge on any atom is -0.497 e. The molecule has 27 heavy (non-hydrogen) atoms. The Bertz CT molecular complexity index is 950. The summed E-state index contributed by atoms with van der Waals surface area (Å²) in [7, 11) is 1.61. The fourth-order valence-electron chi connectivity index (χ4n) is 2.38. The maximum absolute atomic E-state index is 12.2. The van der Waals surface area contributed by atoms with Gasteiger partial charge in [-0.15, -0.1) is 0 Å². The molecule has 3 aromatic rings. The van der Waals surface area contributed by atoms with Crippen LogP contribution in [0.15, 0.2) is 65.3 Å². The summed E-state index contributed by atoms with van der Waals surface area (Å²) in [5.41, 5.74) is 1.96. The van der Waals surface area contributed by atoms with Crippen LogP contribution in [-0.2, 0) is 11.3 Å². The number of anilines is 1. The van der Waals surface area contributed by atoms with Gasteiger partial charge in [-0.25, -0.2) is 0 Å². The number of nitrogens with one attached hydrogen (secondary N) is 1. The number of carbonyl (C=O) groups is 1. The summed E-state index contributed by atoms with van der Waals surface area (Å²) in [6.45, 7) is 0.577. The van der Waals surface area contributed by atoms with Crippen molar-refractivity contribution in [3.63, 3.8) is 0 Å². The zero-order chi connectivity index (χ0) is 19.2. The smallest absolute Gasteiger partial charge is 0.249 e. The van der Waals surface area contributed by atoms with Gasteiger partial charge in [-0.2, -0.15) is 5.10 Å². The van der Waals surface area contributed by atoms with E-state index in [0.717, 1.165) is 16.9 Å². The van der Waals surface area contributed by atoms with Gasteiger partial charge in [0.1, 0.15) is 5.75 Å². The third-order valence-electron chi connectivity index (χ3n) is 3.76. The summed E-state index contributed by atoms with van der Waals surface area (Å²) in [6.07, 6.45) is 5.01. The Morgan fingerprint density at radius 3 is 2.59 bits per heavy atom. The Balaban J connectivity index is 1.62. The fourth-order valence-corrected chi connectivity index (χ4v) is 2.93. The molecule has 3 rings (SSSR count). The largest absolute Gasteiger partial charge is 0.497 e. The first kappa shape index (κ1) is 19.2. The van der Waals surface area contributed by atoms with Gasteiger partial charge in [-0.1, -0.05) is 35.9 Å². The van der Waals surface area contributed by atoms with E-state index in [2.05, 4.69) is 26.3 Å². The number of hydrogen-bond donors (Lipinski definition) is 1. The molecule has 1 aromatic heterocycles. The molecule has 1 N–H and O–H groups in total. The van der Waals surface area contributed by atoms with Crippen LogP contribution in [-0.4, -0.2) is 22.8 Å². The molecular weight excluding hydrogens is 430 g/mol. The minimum atomic E-state index is -0.261. The normalized spacial score (nSPS) is 10.9. The predicted molar refractivity (Wildman–Crippen MR) is 111 cm³/mol. The molecule has 0 atom stereocenters. The molecule has 0 aliphatic rings. The Hall–Kier alpha value is -2.57. The molecule has 1 amide bonds. The van der Waals surface area contributed by atoms with Gasteiger partial charge in [0.15, 0.2) is 5.82 Å². The van der Waals surface area contributed by atoms with E-state index < -0.39 is 0 Å². The number of methoxy groups -OCH3 is 1. The van der Waals surface area contributed by atoms with Gasteiger partial charge in [0.25, 0.3) is 0 Å². The van der Waals surface area contributed by atoms with Crippen LogP contribution >= 0.6 is 27.5 Å². The number of halogens is 2. The van der Waals surface area contributed by atoms with Crippen molar-refractivity contribution in [3.05, 3.63) is 81.4 Å². The summed E-state index contributed by atoms with van der Waals surface area (Å²) < 4.78 is 7.57. The Morgan fingerprint density at radius 1 is 1.22 bits per heavy atom. The van der Waals surface area contributed by atoms with Crippen molar-refractivity contribution in [2.75, 3.05) is 12.4 Å². The van der Waals surface area contributed by atoms with E-state index in [1.165, 1.54) is 6.08 Å². The Morgan fingerprint density at radius 2 is 1.93 bits per heavy atom.